The molecule has 0 radical (unpaired) electrons. The molecular formula is C23H27N3O2. The number of carbonyl (C=O) groups excluding carboxylic acids is 2. The van der Waals surface area contributed by atoms with E-state index in [4.69, 9.17) is 0 Å². The fourth-order valence-electron chi connectivity index (χ4n) is 3.98. The maximum Gasteiger partial charge on any atom is 0.255 e. The quantitative estimate of drug-likeness (QED) is 0.870. The molecule has 0 aliphatic carbocycles. The summed E-state index contributed by atoms with van der Waals surface area (Å²) in [5, 5.41) is 2.94. The Labute approximate surface area is 166 Å². The number of carbonyl (C=O) groups is 2. The average Bonchev–Trinajstić information content (AvgIpc) is 3.29. The molecule has 2 saturated heterocycles. The summed E-state index contributed by atoms with van der Waals surface area (Å²) in [5.41, 5.74) is 3.19. The standard InChI is InChI=1S/C23H27N3O2/c27-22(18-6-8-19(9-7-18)23(28)26-16-4-5-17-26)24-20-10-12-21(13-11-20)25-14-2-1-3-15-25/h6-13H,1-5,14-17H2,(H,24,27). The second kappa shape index (κ2) is 8.46. The number of likely N-dealkylation sites (tertiary alicyclic amines) is 1. The van der Waals surface area contributed by atoms with Gasteiger partial charge in [0, 0.05) is 48.7 Å². The molecule has 2 aliphatic rings. The molecular weight excluding hydrogens is 350 g/mol. The molecule has 0 unspecified atom stereocenters. The smallest absolute Gasteiger partial charge is 0.255 e. The zero-order valence-electron chi connectivity index (χ0n) is 16.2. The maximum absolute atomic E-state index is 12.5. The largest absolute Gasteiger partial charge is 0.372 e. The first-order chi connectivity index (χ1) is 13.7. The molecule has 5 nitrogen and oxygen atoms in total. The van der Waals surface area contributed by atoms with Crippen molar-refractivity contribution in [3.63, 3.8) is 0 Å². The number of hydrogen-bond acceptors (Lipinski definition) is 3. The molecule has 2 heterocycles. The molecule has 0 spiro atoms. The molecule has 146 valence electrons. The summed E-state index contributed by atoms with van der Waals surface area (Å²) in [6.45, 7) is 3.87. The highest BCUT2D eigenvalue weighted by molar-refractivity contribution is 6.05. The van der Waals surface area contributed by atoms with Gasteiger partial charge in [-0.15, -0.1) is 0 Å². The zero-order valence-corrected chi connectivity index (χ0v) is 16.2. The van der Waals surface area contributed by atoms with Crippen LogP contribution in [-0.4, -0.2) is 42.9 Å². The van der Waals surface area contributed by atoms with Crippen molar-refractivity contribution in [2.45, 2.75) is 32.1 Å². The lowest BCUT2D eigenvalue weighted by molar-refractivity contribution is 0.0792. The van der Waals surface area contributed by atoms with Gasteiger partial charge in [0.2, 0.25) is 0 Å². The van der Waals surface area contributed by atoms with Crippen molar-refractivity contribution in [2.75, 3.05) is 36.4 Å². The Morgan fingerprint density at radius 1 is 0.679 bits per heavy atom. The Bertz CT molecular complexity index is 818. The Kier molecular flexibility index (Phi) is 5.60. The predicted molar refractivity (Wildman–Crippen MR) is 112 cm³/mol. The Hall–Kier alpha value is -2.82. The van der Waals surface area contributed by atoms with Gasteiger partial charge in [-0.1, -0.05) is 0 Å². The van der Waals surface area contributed by atoms with Crippen LogP contribution in [0.25, 0.3) is 0 Å². The minimum atomic E-state index is -0.161. The van der Waals surface area contributed by atoms with Gasteiger partial charge in [0.25, 0.3) is 11.8 Å². The third-order valence-electron chi connectivity index (χ3n) is 5.63. The predicted octanol–water partition coefficient (Wildman–Crippen LogP) is 4.17. The second-order valence-corrected chi connectivity index (χ2v) is 7.63. The normalized spacial score (nSPS) is 16.9. The summed E-state index contributed by atoms with van der Waals surface area (Å²) in [4.78, 5) is 29.2. The minimum Gasteiger partial charge on any atom is -0.372 e. The lowest BCUT2D eigenvalue weighted by atomic mass is 10.1. The van der Waals surface area contributed by atoms with Crippen LogP contribution in [0.15, 0.2) is 48.5 Å². The van der Waals surface area contributed by atoms with Crippen LogP contribution in [-0.2, 0) is 0 Å². The van der Waals surface area contributed by atoms with E-state index in [0.29, 0.717) is 11.1 Å². The molecule has 2 aromatic carbocycles. The van der Waals surface area contributed by atoms with Gasteiger partial charge in [-0.2, -0.15) is 0 Å². The summed E-state index contributed by atoms with van der Waals surface area (Å²) < 4.78 is 0. The molecule has 0 bridgehead atoms. The maximum atomic E-state index is 12.5. The van der Waals surface area contributed by atoms with E-state index in [1.165, 1.54) is 24.9 Å². The summed E-state index contributed by atoms with van der Waals surface area (Å²) in [7, 11) is 0. The first kappa shape index (κ1) is 18.5. The molecule has 1 N–H and O–H groups in total. The number of nitrogens with zero attached hydrogens (tertiary/aromatic N) is 2. The third-order valence-corrected chi connectivity index (χ3v) is 5.63. The van der Waals surface area contributed by atoms with E-state index in [-0.39, 0.29) is 11.8 Å². The van der Waals surface area contributed by atoms with Crippen LogP contribution >= 0.6 is 0 Å². The fraction of sp³-hybridized carbons (Fsp3) is 0.391. The van der Waals surface area contributed by atoms with E-state index >= 15 is 0 Å². The van der Waals surface area contributed by atoms with Crippen LogP contribution in [0.2, 0.25) is 0 Å². The lowest BCUT2D eigenvalue weighted by Gasteiger charge is -2.28. The molecule has 2 aromatic rings. The number of piperidine rings is 1. The number of hydrogen-bond donors (Lipinski definition) is 1. The van der Waals surface area contributed by atoms with E-state index in [1.54, 1.807) is 24.3 Å². The summed E-state index contributed by atoms with van der Waals surface area (Å²) in [6.07, 6.45) is 5.95. The monoisotopic (exact) mass is 377 g/mol. The Morgan fingerprint density at radius 2 is 1.25 bits per heavy atom. The van der Waals surface area contributed by atoms with Crippen molar-refractivity contribution < 1.29 is 9.59 Å². The van der Waals surface area contributed by atoms with Gasteiger partial charge in [0.05, 0.1) is 0 Å². The second-order valence-electron chi connectivity index (χ2n) is 7.63. The number of rotatable bonds is 4. The average molecular weight is 377 g/mol. The minimum absolute atomic E-state index is 0.0535. The number of benzene rings is 2. The van der Waals surface area contributed by atoms with E-state index in [1.807, 2.05) is 17.0 Å². The van der Waals surface area contributed by atoms with Crippen molar-refractivity contribution >= 4 is 23.2 Å². The van der Waals surface area contributed by atoms with E-state index in [0.717, 1.165) is 44.7 Å². The van der Waals surface area contributed by atoms with Crippen LogP contribution in [0, 0.1) is 0 Å². The van der Waals surface area contributed by atoms with Gasteiger partial charge < -0.3 is 15.1 Å². The van der Waals surface area contributed by atoms with Crippen LogP contribution in [0.3, 0.4) is 0 Å². The van der Waals surface area contributed by atoms with Crippen molar-refractivity contribution in [3.05, 3.63) is 59.7 Å². The highest BCUT2D eigenvalue weighted by Gasteiger charge is 2.19. The summed E-state index contributed by atoms with van der Waals surface area (Å²) >= 11 is 0. The van der Waals surface area contributed by atoms with Crippen molar-refractivity contribution in [1.82, 2.24) is 4.90 Å². The van der Waals surface area contributed by atoms with Crippen LogP contribution < -0.4 is 10.2 Å². The van der Waals surface area contributed by atoms with E-state index in [2.05, 4.69) is 22.3 Å². The molecule has 28 heavy (non-hydrogen) atoms. The van der Waals surface area contributed by atoms with Crippen molar-refractivity contribution in [2.24, 2.45) is 0 Å². The van der Waals surface area contributed by atoms with E-state index in [9.17, 15) is 9.59 Å². The van der Waals surface area contributed by atoms with Gasteiger partial charge in [0.1, 0.15) is 0 Å². The molecule has 2 fully saturated rings. The first-order valence-electron chi connectivity index (χ1n) is 10.3. The molecule has 0 atom stereocenters. The molecule has 0 aromatic heterocycles. The van der Waals surface area contributed by atoms with Gasteiger partial charge in [-0.25, -0.2) is 0 Å². The summed E-state index contributed by atoms with van der Waals surface area (Å²) in [6, 6.07) is 15.0. The van der Waals surface area contributed by atoms with Gasteiger partial charge >= 0.3 is 0 Å². The SMILES string of the molecule is O=C(Nc1ccc(N2CCCCC2)cc1)c1ccc(C(=O)N2CCCC2)cc1. The topological polar surface area (TPSA) is 52.7 Å². The molecule has 5 heteroatoms. The van der Waals surface area contributed by atoms with Crippen LogP contribution in [0.4, 0.5) is 11.4 Å². The van der Waals surface area contributed by atoms with Crippen molar-refractivity contribution in [1.29, 1.82) is 0 Å². The van der Waals surface area contributed by atoms with Gasteiger partial charge in [0.15, 0.2) is 0 Å². The van der Waals surface area contributed by atoms with Gasteiger partial charge in [-0.3, -0.25) is 9.59 Å². The molecule has 4 rings (SSSR count). The Morgan fingerprint density at radius 3 is 1.89 bits per heavy atom. The van der Waals surface area contributed by atoms with Gasteiger partial charge in [-0.05, 0) is 80.6 Å². The van der Waals surface area contributed by atoms with Crippen LogP contribution in [0.5, 0.6) is 0 Å². The first-order valence-corrected chi connectivity index (χ1v) is 10.3. The molecule has 0 saturated carbocycles. The number of nitrogens with one attached hydrogen (secondary N) is 1. The molecule has 2 aliphatic heterocycles. The molecule has 2 amide bonds. The van der Waals surface area contributed by atoms with Crippen LogP contribution in [0.1, 0.15) is 52.8 Å². The Balaban J connectivity index is 1.37. The van der Waals surface area contributed by atoms with Crippen molar-refractivity contribution in [3.8, 4) is 0 Å². The number of amides is 2. The third kappa shape index (κ3) is 4.19. The summed E-state index contributed by atoms with van der Waals surface area (Å²) in [5.74, 6) is -0.108. The highest BCUT2D eigenvalue weighted by atomic mass is 16.2. The van der Waals surface area contributed by atoms with E-state index < -0.39 is 0 Å². The fourth-order valence-corrected chi connectivity index (χ4v) is 3.98. The number of anilines is 2. The lowest BCUT2D eigenvalue weighted by Crippen LogP contribution is -2.29. The zero-order chi connectivity index (χ0) is 19.3. The highest BCUT2D eigenvalue weighted by Crippen LogP contribution is 2.22.